The molecule has 37 heavy (non-hydrogen) atoms. The molecular weight excluding hydrogens is 470 g/mol. The number of nitrogens with one attached hydrogen (secondary N) is 1. The lowest BCUT2D eigenvalue weighted by molar-refractivity contribution is -0.124. The molecule has 2 atom stereocenters. The summed E-state index contributed by atoms with van der Waals surface area (Å²) in [7, 11) is 0. The molecule has 7 rings (SSSR count). The van der Waals surface area contributed by atoms with Crippen molar-refractivity contribution >= 4 is 28.5 Å². The van der Waals surface area contributed by atoms with Gasteiger partial charge in [0.1, 0.15) is 11.6 Å². The Kier molecular flexibility index (Phi) is 4.92. The highest BCUT2D eigenvalue weighted by molar-refractivity contribution is 6.08. The van der Waals surface area contributed by atoms with Crippen LogP contribution in [0.4, 0.5) is 5.69 Å². The number of nitrogens with zero attached hydrogens (tertiary/aromatic N) is 4. The Morgan fingerprint density at radius 3 is 2.65 bits per heavy atom. The number of aromatic nitrogens is 3. The van der Waals surface area contributed by atoms with Gasteiger partial charge in [0.2, 0.25) is 17.7 Å². The number of fused-ring (bicyclic) bond motifs is 2. The number of hydrogen-bond donors (Lipinski definition) is 1. The summed E-state index contributed by atoms with van der Waals surface area (Å²) in [6, 6.07) is 8.65. The predicted octanol–water partition coefficient (Wildman–Crippen LogP) is 3.36. The van der Waals surface area contributed by atoms with Crippen LogP contribution >= 0.6 is 0 Å². The van der Waals surface area contributed by atoms with Crippen molar-refractivity contribution in [3.05, 3.63) is 36.2 Å². The van der Waals surface area contributed by atoms with Crippen LogP contribution in [0, 0.1) is 5.92 Å². The van der Waals surface area contributed by atoms with Crippen LogP contribution < -0.4 is 15.0 Å². The Hall–Kier alpha value is -3.46. The van der Waals surface area contributed by atoms with Gasteiger partial charge in [-0.2, -0.15) is 0 Å². The van der Waals surface area contributed by atoms with Crippen LogP contribution in [0.2, 0.25) is 0 Å². The van der Waals surface area contributed by atoms with E-state index >= 15 is 0 Å². The van der Waals surface area contributed by atoms with Crippen molar-refractivity contribution in [2.45, 2.75) is 63.6 Å². The molecule has 3 aliphatic heterocycles. The van der Waals surface area contributed by atoms with Crippen LogP contribution in [0.3, 0.4) is 0 Å². The van der Waals surface area contributed by atoms with E-state index in [0.29, 0.717) is 38.1 Å². The van der Waals surface area contributed by atoms with Gasteiger partial charge in [-0.25, -0.2) is 9.97 Å². The predicted molar refractivity (Wildman–Crippen MR) is 138 cm³/mol. The number of hydrogen-bond acceptors (Lipinski definition) is 6. The summed E-state index contributed by atoms with van der Waals surface area (Å²) in [5.74, 6) is 0.811. The molecule has 1 N–H and O–H groups in total. The normalized spacial score (nSPS) is 23.8. The fourth-order valence-corrected chi connectivity index (χ4v) is 5.80. The van der Waals surface area contributed by atoms with Gasteiger partial charge >= 0.3 is 0 Å². The minimum atomic E-state index is -0.583. The molecule has 2 saturated heterocycles. The number of pyridine rings is 1. The maximum atomic E-state index is 13.3. The topological polar surface area (TPSA) is 98.6 Å². The maximum absolute atomic E-state index is 13.3. The Balaban J connectivity index is 1.31. The second kappa shape index (κ2) is 8.02. The average molecular weight is 502 g/mol. The summed E-state index contributed by atoms with van der Waals surface area (Å²) in [5, 5.41) is 2.90. The summed E-state index contributed by atoms with van der Waals surface area (Å²) >= 11 is 0. The molecule has 1 aromatic carbocycles. The monoisotopic (exact) mass is 501 g/mol. The van der Waals surface area contributed by atoms with Crippen LogP contribution in [0.15, 0.2) is 30.6 Å². The fourth-order valence-electron chi connectivity index (χ4n) is 5.80. The highest BCUT2D eigenvalue weighted by Crippen LogP contribution is 2.46. The van der Waals surface area contributed by atoms with Gasteiger partial charge in [-0.3, -0.25) is 9.59 Å². The molecule has 9 nitrogen and oxygen atoms in total. The van der Waals surface area contributed by atoms with Gasteiger partial charge in [0.05, 0.1) is 42.2 Å². The summed E-state index contributed by atoms with van der Waals surface area (Å²) in [6.07, 6.45) is 4.41. The van der Waals surface area contributed by atoms with E-state index < -0.39 is 5.41 Å². The van der Waals surface area contributed by atoms with E-state index in [-0.39, 0.29) is 29.9 Å². The van der Waals surface area contributed by atoms with Crippen molar-refractivity contribution in [3.63, 3.8) is 0 Å². The first-order valence-electron chi connectivity index (χ1n) is 13.2. The van der Waals surface area contributed by atoms with Gasteiger partial charge in [-0.05, 0) is 51.3 Å². The smallest absolute Gasteiger partial charge is 0.241 e. The lowest BCUT2D eigenvalue weighted by atomic mass is 9.85. The lowest BCUT2D eigenvalue weighted by Crippen LogP contribution is -2.52. The molecule has 0 spiro atoms. The van der Waals surface area contributed by atoms with Gasteiger partial charge in [0.15, 0.2) is 0 Å². The second-order valence-electron chi connectivity index (χ2n) is 11.4. The zero-order valence-electron chi connectivity index (χ0n) is 21.4. The van der Waals surface area contributed by atoms with Crippen molar-refractivity contribution < 1.29 is 19.1 Å². The average Bonchev–Trinajstić information content (AvgIpc) is 3.39. The Morgan fingerprint density at radius 1 is 1.16 bits per heavy atom. The maximum Gasteiger partial charge on any atom is 0.241 e. The van der Waals surface area contributed by atoms with E-state index in [1.165, 1.54) is 0 Å². The van der Waals surface area contributed by atoms with Gasteiger partial charge < -0.3 is 24.3 Å². The highest BCUT2D eigenvalue weighted by atomic mass is 16.5. The molecule has 9 heteroatoms. The molecule has 5 heterocycles. The van der Waals surface area contributed by atoms with Crippen LogP contribution in [-0.4, -0.2) is 58.3 Å². The zero-order valence-corrected chi connectivity index (χ0v) is 21.4. The third-order valence-corrected chi connectivity index (χ3v) is 8.40. The number of ether oxygens (including phenoxy) is 2. The van der Waals surface area contributed by atoms with Crippen molar-refractivity contribution in [2.24, 2.45) is 5.92 Å². The zero-order chi connectivity index (χ0) is 25.5. The molecule has 1 saturated carbocycles. The number of carbonyl (C=O) groups excluding carboxylic acids is 2. The molecular formula is C28H31N5O4. The van der Waals surface area contributed by atoms with Crippen molar-refractivity contribution in [3.8, 4) is 17.1 Å². The summed E-state index contributed by atoms with van der Waals surface area (Å²) in [4.78, 5) is 36.8. The third kappa shape index (κ3) is 3.54. The van der Waals surface area contributed by atoms with E-state index in [1.54, 1.807) is 0 Å². The Labute approximate surface area is 215 Å². The van der Waals surface area contributed by atoms with Crippen LogP contribution in [0.1, 0.15) is 51.6 Å². The van der Waals surface area contributed by atoms with Crippen molar-refractivity contribution in [1.82, 2.24) is 19.9 Å². The lowest BCUT2D eigenvalue weighted by Gasteiger charge is -2.35. The molecule has 4 aliphatic rings. The largest absolute Gasteiger partial charge is 0.473 e. The first-order valence-corrected chi connectivity index (χ1v) is 13.2. The number of anilines is 1. The number of carbonyl (C=O) groups is 2. The molecule has 192 valence electrons. The summed E-state index contributed by atoms with van der Waals surface area (Å²) in [5.41, 5.74) is 4.77. The molecule has 0 radical (unpaired) electrons. The number of rotatable bonds is 6. The highest BCUT2D eigenvalue weighted by Gasteiger charge is 2.48. The van der Waals surface area contributed by atoms with Crippen molar-refractivity contribution in [2.75, 3.05) is 24.7 Å². The van der Waals surface area contributed by atoms with Crippen LogP contribution in [-0.2, 0) is 19.7 Å². The molecule has 2 amide bonds. The Morgan fingerprint density at radius 2 is 1.97 bits per heavy atom. The molecule has 0 unspecified atom stereocenters. The third-order valence-electron chi connectivity index (χ3n) is 8.40. The van der Waals surface area contributed by atoms with Crippen LogP contribution in [0.25, 0.3) is 22.3 Å². The SMILES string of the molecule is C[C@@H](Oc1nc(-c2ccc3c(c2)N(C2COC2)C(=O)C3(C)C)cc2ncn(C3CC3)c12)[C@H]1CNC(=O)C1. The molecule has 0 bridgehead atoms. The first kappa shape index (κ1) is 22.7. The quantitative estimate of drug-likeness (QED) is 0.556. The van der Waals surface area contributed by atoms with Gasteiger partial charge in [-0.15, -0.1) is 0 Å². The van der Waals surface area contributed by atoms with Gasteiger partial charge in [0, 0.05) is 36.2 Å². The minimum absolute atomic E-state index is 0.0624. The van der Waals surface area contributed by atoms with E-state index in [9.17, 15) is 9.59 Å². The number of imidazole rings is 1. The minimum Gasteiger partial charge on any atom is -0.473 e. The van der Waals surface area contributed by atoms with Gasteiger partial charge in [0.25, 0.3) is 0 Å². The fraction of sp³-hybridized carbons (Fsp3) is 0.500. The summed E-state index contributed by atoms with van der Waals surface area (Å²) in [6.45, 7) is 7.70. The standard InChI is InChI=1S/C28H31N5O4/c1-15(17-9-24(34)29-11-17)37-26-25-22(30-14-32(25)18-5-6-18)10-21(31-26)16-4-7-20-23(8-16)33(19-12-36-13-19)27(35)28(20,2)3/h4,7-8,10,14-15,17-19H,5-6,9,11-13H2,1-3H3,(H,29,34)/t15-,17-/m1/s1. The van der Waals surface area contributed by atoms with E-state index in [2.05, 4.69) is 22.0 Å². The first-order chi connectivity index (χ1) is 17.8. The molecule has 1 aliphatic carbocycles. The molecule has 2 aromatic heterocycles. The second-order valence-corrected chi connectivity index (χ2v) is 11.4. The molecule has 3 fully saturated rings. The van der Waals surface area contributed by atoms with Crippen molar-refractivity contribution in [1.29, 1.82) is 0 Å². The number of benzene rings is 1. The number of amides is 2. The van der Waals surface area contributed by atoms with E-state index in [1.807, 2.05) is 44.1 Å². The summed E-state index contributed by atoms with van der Waals surface area (Å²) < 4.78 is 14.1. The molecule has 3 aromatic rings. The van der Waals surface area contributed by atoms with E-state index in [4.69, 9.17) is 19.4 Å². The van der Waals surface area contributed by atoms with Crippen LogP contribution in [0.5, 0.6) is 5.88 Å². The van der Waals surface area contributed by atoms with Gasteiger partial charge in [-0.1, -0.05) is 12.1 Å². The van der Waals surface area contributed by atoms with E-state index in [0.717, 1.165) is 46.4 Å². The Bertz CT molecular complexity index is 1440.